The first-order valence-corrected chi connectivity index (χ1v) is 0. The van der Waals surface area contributed by atoms with Gasteiger partial charge in [-0.05, 0) is 0 Å². The quantitative estimate of drug-likeness (QED) is 0.430. The van der Waals surface area contributed by atoms with Crippen LogP contribution in [0.15, 0.2) is 0 Å². The van der Waals surface area contributed by atoms with Crippen molar-refractivity contribution in [1.29, 1.82) is 0 Å². The Morgan fingerprint density at radius 3 is 0.333 bits per heavy atom. The molecule has 0 atom stereocenters. The molecule has 0 amide bonds. The van der Waals surface area contributed by atoms with Crippen LogP contribution in [0.4, 0.5) is 0 Å². The summed E-state index contributed by atoms with van der Waals surface area (Å²) in [5.74, 6) is 0. The SMILES string of the molecule is [Co+2].[Co+2].[O-2].[O-2].[O-2].[O-2].[O-2].[Pm].[Pm]. The van der Waals surface area contributed by atoms with Crippen LogP contribution in [-0.2, 0) is 60.9 Å². The van der Waals surface area contributed by atoms with Crippen LogP contribution >= 0.6 is 0 Å². The Labute approximate surface area is 139 Å². The Morgan fingerprint density at radius 2 is 0.333 bits per heavy atom. The third-order valence-corrected chi connectivity index (χ3v) is 0. The molecule has 0 aliphatic carbocycles. The van der Waals surface area contributed by atoms with Crippen molar-refractivity contribution in [1.82, 2.24) is 0 Å². The van der Waals surface area contributed by atoms with E-state index in [4.69, 9.17) is 0 Å². The van der Waals surface area contributed by atoms with Crippen LogP contribution in [-0.4, -0.2) is 0 Å². The monoisotopic (exact) mass is 488 g/mol. The largest absolute Gasteiger partial charge is 2.00 e. The number of hydrogen-bond acceptors (Lipinski definition) is 0. The molecule has 5 nitrogen and oxygen atoms in total. The van der Waals surface area contributed by atoms with Crippen molar-refractivity contribution in [2.45, 2.75) is 0 Å². The standard InChI is InChI=1S/2Co.5O.2Pm/q2*+2;5*-2;;. The summed E-state index contributed by atoms with van der Waals surface area (Å²) in [5.41, 5.74) is 0. The third-order valence-electron chi connectivity index (χ3n) is 0. The molecule has 0 aliphatic rings. The second kappa shape index (κ2) is 104. The van der Waals surface area contributed by atoms with Gasteiger partial charge >= 0.3 is 33.6 Å². The molecule has 64 valence electrons. The van der Waals surface area contributed by atoms with Crippen molar-refractivity contribution >= 4 is 0 Å². The van der Waals surface area contributed by atoms with Gasteiger partial charge in [0.2, 0.25) is 0 Å². The molecule has 0 N–H and O–H groups in total. The molecule has 0 fully saturated rings. The summed E-state index contributed by atoms with van der Waals surface area (Å²) in [6.07, 6.45) is 0. The zero-order valence-electron chi connectivity index (χ0n) is 3.60. The minimum atomic E-state index is 0. The van der Waals surface area contributed by atoms with E-state index in [1.807, 2.05) is 0 Å². The summed E-state index contributed by atoms with van der Waals surface area (Å²) >= 11 is 0. The zero-order valence-corrected chi connectivity index (χ0v) is 11.4. The first kappa shape index (κ1) is 135. The predicted molar refractivity (Wildman–Crippen MR) is 3.43 cm³/mol. The van der Waals surface area contributed by atoms with E-state index < -0.39 is 0 Å². The van der Waals surface area contributed by atoms with Gasteiger partial charge in [-0.2, -0.15) is 0 Å². The maximum atomic E-state index is 0. The van der Waals surface area contributed by atoms with Gasteiger partial charge in [-0.3, -0.25) is 0 Å². The van der Waals surface area contributed by atoms with E-state index in [2.05, 4.69) is 0 Å². The maximum Gasteiger partial charge on any atom is 2.00 e. The molecule has 0 heterocycles. The first-order valence-electron chi connectivity index (χ1n) is 0. The molecule has 9 heavy (non-hydrogen) atoms. The molecule has 4 radical (unpaired) electrons. The fourth-order valence-electron chi connectivity index (χ4n) is 0. The molecule has 0 aliphatic heterocycles. The molecule has 0 aromatic carbocycles. The van der Waals surface area contributed by atoms with Crippen LogP contribution in [0.2, 0.25) is 0 Å². The maximum absolute atomic E-state index is 0. The Balaban J connectivity index is 0. The molecule has 0 aromatic rings. The zero-order chi connectivity index (χ0) is 0. The van der Waals surface area contributed by atoms with Gasteiger partial charge in [0, 0.05) is 80.8 Å². The average Bonchev–Trinajstić information content (AvgIpc) is 0. The van der Waals surface area contributed by atoms with E-state index in [0.29, 0.717) is 0 Å². The molecule has 0 bridgehead atoms. The second-order valence-corrected chi connectivity index (χ2v) is 0. The second-order valence-electron chi connectivity index (χ2n) is 0. The van der Waals surface area contributed by atoms with Gasteiger partial charge in [0.05, 0.1) is 0 Å². The fourth-order valence-corrected chi connectivity index (χ4v) is 0. The predicted octanol–water partition coefficient (Wildman–Crippen LogP) is -0.599. The first-order chi connectivity index (χ1) is 0. The third kappa shape index (κ3) is 85.0. The molecule has 0 spiro atoms. The molecular formula is Co2O5Pm2-6. The van der Waals surface area contributed by atoms with Crippen molar-refractivity contribution < 1.29 is 142 Å². The van der Waals surface area contributed by atoms with E-state index in [9.17, 15) is 0 Å². The van der Waals surface area contributed by atoms with Crippen molar-refractivity contribution in [3.63, 3.8) is 0 Å². The molecule has 9 heteroatoms. The Morgan fingerprint density at radius 1 is 0.333 bits per heavy atom. The van der Waals surface area contributed by atoms with Gasteiger partial charge in [-0.1, -0.05) is 0 Å². The van der Waals surface area contributed by atoms with Gasteiger partial charge in [-0.25, -0.2) is 0 Å². The normalized spacial score (nSPS) is 0. The van der Waals surface area contributed by atoms with E-state index in [1.165, 1.54) is 0 Å². The molecule has 0 saturated carbocycles. The Bertz CT molecular complexity index is 12.9. The summed E-state index contributed by atoms with van der Waals surface area (Å²) in [6, 6.07) is 0. The van der Waals surface area contributed by atoms with Crippen LogP contribution in [0.3, 0.4) is 0 Å². The van der Waals surface area contributed by atoms with Crippen LogP contribution in [0.1, 0.15) is 0 Å². The molecule has 0 unspecified atom stereocenters. The number of hydrogen-bond donors (Lipinski definition) is 0. The van der Waals surface area contributed by atoms with Gasteiger partial charge in [0.15, 0.2) is 0 Å². The topological polar surface area (TPSA) is 142 Å². The van der Waals surface area contributed by atoms with Gasteiger partial charge in [0.1, 0.15) is 0 Å². The van der Waals surface area contributed by atoms with Crippen LogP contribution in [0, 0.1) is 80.8 Å². The minimum Gasteiger partial charge on any atom is -2.00 e. The summed E-state index contributed by atoms with van der Waals surface area (Å²) < 4.78 is 0. The van der Waals surface area contributed by atoms with Gasteiger partial charge < -0.3 is 27.4 Å². The molecule has 0 rings (SSSR count). The Hall–Kier alpha value is 3.49. The average molecular weight is 488 g/mol. The number of rotatable bonds is 0. The summed E-state index contributed by atoms with van der Waals surface area (Å²) in [4.78, 5) is 0. The van der Waals surface area contributed by atoms with Crippen molar-refractivity contribution in [3.8, 4) is 0 Å². The summed E-state index contributed by atoms with van der Waals surface area (Å²) in [6.45, 7) is 0. The van der Waals surface area contributed by atoms with E-state index >= 15 is 0 Å². The molecular weight excluding hydrogens is 488 g/mol. The van der Waals surface area contributed by atoms with Crippen LogP contribution < -0.4 is 0 Å². The fraction of sp³-hybridized carbons (Fsp3) is 0. The molecule has 0 aromatic heterocycles. The smallest absolute Gasteiger partial charge is 2.00 e. The minimum absolute atomic E-state index is 0. The van der Waals surface area contributed by atoms with E-state index in [1.54, 1.807) is 0 Å². The summed E-state index contributed by atoms with van der Waals surface area (Å²) in [7, 11) is 0. The van der Waals surface area contributed by atoms with Gasteiger partial charge in [-0.15, -0.1) is 0 Å². The van der Waals surface area contributed by atoms with Crippen molar-refractivity contribution in [2.24, 2.45) is 0 Å². The van der Waals surface area contributed by atoms with Crippen LogP contribution in [0.5, 0.6) is 0 Å². The van der Waals surface area contributed by atoms with E-state index in [-0.39, 0.29) is 142 Å². The van der Waals surface area contributed by atoms with Gasteiger partial charge in [0.25, 0.3) is 0 Å². The summed E-state index contributed by atoms with van der Waals surface area (Å²) in [5, 5.41) is 0. The van der Waals surface area contributed by atoms with E-state index in [0.717, 1.165) is 0 Å². The molecule has 0 saturated heterocycles. The van der Waals surface area contributed by atoms with Crippen molar-refractivity contribution in [2.75, 3.05) is 0 Å². The van der Waals surface area contributed by atoms with Crippen molar-refractivity contribution in [3.05, 3.63) is 0 Å². The Kier molecular flexibility index (Phi) is 1560. The van der Waals surface area contributed by atoms with Crippen LogP contribution in [0.25, 0.3) is 0 Å².